The highest BCUT2D eigenvalue weighted by atomic mass is 35.5. The molecule has 1 aliphatic carbocycles. The summed E-state index contributed by atoms with van der Waals surface area (Å²) in [5.41, 5.74) is 8.13. The monoisotopic (exact) mass is 229 g/mol. The van der Waals surface area contributed by atoms with Gasteiger partial charge in [0.15, 0.2) is 0 Å². The van der Waals surface area contributed by atoms with E-state index in [1.54, 1.807) is 6.07 Å². The topological polar surface area (TPSA) is 26.0 Å². The Kier molecular flexibility index (Phi) is 4.12. The van der Waals surface area contributed by atoms with Crippen molar-refractivity contribution < 1.29 is 4.39 Å². The molecule has 0 aromatic heterocycles. The molecule has 0 amide bonds. The highest BCUT2D eigenvalue weighted by Gasteiger charge is 2.24. The van der Waals surface area contributed by atoms with Gasteiger partial charge in [0, 0.05) is 6.04 Å². The minimum atomic E-state index is -0.176. The first kappa shape index (κ1) is 12.5. The third-order valence-corrected chi connectivity index (χ3v) is 2.92. The lowest BCUT2D eigenvalue weighted by atomic mass is 9.98. The van der Waals surface area contributed by atoms with Crippen molar-refractivity contribution in [2.24, 2.45) is 11.7 Å². The summed E-state index contributed by atoms with van der Waals surface area (Å²) in [6.45, 7) is 1.92. The fraction of sp³-hybridized carbons (Fsp3) is 0.500. The third-order valence-electron chi connectivity index (χ3n) is 2.92. The van der Waals surface area contributed by atoms with Crippen molar-refractivity contribution in [3.8, 4) is 0 Å². The molecule has 1 fully saturated rings. The molecular formula is C12H17ClFN. The average molecular weight is 230 g/mol. The first-order chi connectivity index (χ1) is 6.66. The Bertz CT molecular complexity index is 336. The van der Waals surface area contributed by atoms with Crippen molar-refractivity contribution >= 4 is 12.4 Å². The highest BCUT2D eigenvalue weighted by molar-refractivity contribution is 5.85. The summed E-state index contributed by atoms with van der Waals surface area (Å²) in [6, 6.07) is 4.96. The van der Waals surface area contributed by atoms with Gasteiger partial charge in [0.25, 0.3) is 0 Å². The Hall–Kier alpha value is -0.600. The van der Waals surface area contributed by atoms with Crippen molar-refractivity contribution in [2.45, 2.75) is 32.2 Å². The largest absolute Gasteiger partial charge is 0.324 e. The van der Waals surface area contributed by atoms with E-state index in [-0.39, 0.29) is 24.3 Å². The molecule has 2 rings (SSSR count). The molecule has 1 saturated carbocycles. The maximum atomic E-state index is 12.8. The fourth-order valence-corrected chi connectivity index (χ4v) is 1.89. The molecule has 0 bridgehead atoms. The van der Waals surface area contributed by atoms with Crippen LogP contribution in [-0.4, -0.2) is 0 Å². The van der Waals surface area contributed by atoms with Gasteiger partial charge < -0.3 is 5.73 Å². The van der Waals surface area contributed by atoms with Crippen LogP contribution in [0.3, 0.4) is 0 Å². The van der Waals surface area contributed by atoms with Gasteiger partial charge in [-0.05, 0) is 42.5 Å². The molecule has 1 aromatic carbocycles. The van der Waals surface area contributed by atoms with Crippen molar-refractivity contribution in [3.63, 3.8) is 0 Å². The van der Waals surface area contributed by atoms with Crippen molar-refractivity contribution in [1.29, 1.82) is 0 Å². The zero-order valence-electron chi connectivity index (χ0n) is 8.87. The summed E-state index contributed by atoms with van der Waals surface area (Å²) in [5, 5.41) is 0. The molecule has 3 heteroatoms. The molecule has 0 saturated heterocycles. The van der Waals surface area contributed by atoms with E-state index in [1.165, 1.54) is 18.9 Å². The minimum Gasteiger partial charge on any atom is -0.324 e. The molecular weight excluding hydrogens is 213 g/mol. The molecule has 0 aliphatic heterocycles. The van der Waals surface area contributed by atoms with Gasteiger partial charge >= 0.3 is 0 Å². The number of hydrogen-bond donors (Lipinski definition) is 1. The van der Waals surface area contributed by atoms with E-state index >= 15 is 0 Å². The molecule has 84 valence electrons. The number of aryl methyl sites for hydroxylation is 1. The molecule has 0 radical (unpaired) electrons. The predicted octanol–water partition coefficient (Wildman–Crippen LogP) is 3.36. The Balaban J connectivity index is 0.00000112. The summed E-state index contributed by atoms with van der Waals surface area (Å²) in [4.78, 5) is 0. The summed E-state index contributed by atoms with van der Waals surface area (Å²) >= 11 is 0. The van der Waals surface area contributed by atoms with Crippen LogP contribution in [0.25, 0.3) is 0 Å². The average Bonchev–Trinajstić information content (AvgIpc) is 2.87. The second-order valence-electron chi connectivity index (χ2n) is 4.29. The maximum absolute atomic E-state index is 12.8. The lowest BCUT2D eigenvalue weighted by Gasteiger charge is -2.14. The van der Waals surface area contributed by atoms with E-state index in [4.69, 9.17) is 5.73 Å². The zero-order valence-corrected chi connectivity index (χ0v) is 9.69. The number of nitrogens with two attached hydrogens (primary N) is 1. The normalized spacial score (nSPS) is 17.0. The van der Waals surface area contributed by atoms with Gasteiger partial charge in [-0.25, -0.2) is 4.39 Å². The van der Waals surface area contributed by atoms with Crippen LogP contribution >= 0.6 is 12.4 Å². The molecule has 15 heavy (non-hydrogen) atoms. The Morgan fingerprint density at radius 1 is 1.47 bits per heavy atom. The quantitative estimate of drug-likeness (QED) is 0.845. The van der Waals surface area contributed by atoms with E-state index in [0.29, 0.717) is 0 Å². The molecule has 0 unspecified atom stereocenters. The molecule has 0 heterocycles. The van der Waals surface area contributed by atoms with Crippen molar-refractivity contribution in [3.05, 3.63) is 35.1 Å². The van der Waals surface area contributed by atoms with Gasteiger partial charge in [-0.1, -0.05) is 18.9 Å². The zero-order chi connectivity index (χ0) is 10.1. The van der Waals surface area contributed by atoms with E-state index in [0.717, 1.165) is 23.5 Å². The lowest BCUT2D eigenvalue weighted by molar-refractivity contribution is 0.588. The lowest BCUT2D eigenvalue weighted by Crippen LogP contribution is -2.12. The first-order valence-electron chi connectivity index (χ1n) is 5.18. The van der Waals surface area contributed by atoms with Crippen molar-refractivity contribution in [1.82, 2.24) is 0 Å². The van der Waals surface area contributed by atoms with E-state index in [2.05, 4.69) is 0 Å². The van der Waals surface area contributed by atoms with Gasteiger partial charge in [-0.3, -0.25) is 0 Å². The SMILES string of the molecule is Cc1cc(F)ccc1[C@H](N)CC1CC1.Cl. The van der Waals surface area contributed by atoms with Crippen molar-refractivity contribution in [2.75, 3.05) is 0 Å². The fourth-order valence-electron chi connectivity index (χ4n) is 1.89. The third kappa shape index (κ3) is 3.18. The van der Waals surface area contributed by atoms with Crippen LogP contribution in [-0.2, 0) is 0 Å². The molecule has 1 aromatic rings. The van der Waals surface area contributed by atoms with Crippen LogP contribution in [0.2, 0.25) is 0 Å². The first-order valence-corrected chi connectivity index (χ1v) is 5.18. The van der Waals surface area contributed by atoms with Gasteiger partial charge in [-0.2, -0.15) is 0 Å². The number of rotatable bonds is 3. The molecule has 1 aliphatic rings. The van der Waals surface area contributed by atoms with Gasteiger partial charge in [0.1, 0.15) is 5.82 Å². The molecule has 0 spiro atoms. The maximum Gasteiger partial charge on any atom is 0.123 e. The second-order valence-corrected chi connectivity index (χ2v) is 4.29. The van der Waals surface area contributed by atoms with Crippen LogP contribution in [0.15, 0.2) is 18.2 Å². The smallest absolute Gasteiger partial charge is 0.123 e. The van der Waals surface area contributed by atoms with Crippen LogP contribution in [0.4, 0.5) is 4.39 Å². The molecule has 1 atom stereocenters. The van der Waals surface area contributed by atoms with Crippen LogP contribution in [0.1, 0.15) is 36.4 Å². The summed E-state index contributed by atoms with van der Waals surface area (Å²) in [6.07, 6.45) is 3.67. The summed E-state index contributed by atoms with van der Waals surface area (Å²) in [5.74, 6) is 0.638. The van der Waals surface area contributed by atoms with Gasteiger partial charge in [0.2, 0.25) is 0 Å². The highest BCUT2D eigenvalue weighted by Crippen LogP contribution is 2.37. The molecule has 2 N–H and O–H groups in total. The minimum absolute atomic E-state index is 0. The van der Waals surface area contributed by atoms with E-state index in [9.17, 15) is 4.39 Å². The van der Waals surface area contributed by atoms with Gasteiger partial charge in [-0.15, -0.1) is 12.4 Å². The number of halogens is 2. The Morgan fingerprint density at radius 2 is 2.13 bits per heavy atom. The van der Waals surface area contributed by atoms with E-state index in [1.807, 2.05) is 13.0 Å². The number of hydrogen-bond acceptors (Lipinski definition) is 1. The Morgan fingerprint density at radius 3 is 2.67 bits per heavy atom. The van der Waals surface area contributed by atoms with Crippen LogP contribution in [0, 0.1) is 18.7 Å². The molecule has 1 nitrogen and oxygen atoms in total. The van der Waals surface area contributed by atoms with E-state index < -0.39 is 0 Å². The number of benzene rings is 1. The standard InChI is InChI=1S/C12H16FN.ClH/c1-8-6-10(13)4-5-11(8)12(14)7-9-2-3-9;/h4-6,9,12H,2-3,7,14H2,1H3;1H/t12-;/m1./s1. The summed E-state index contributed by atoms with van der Waals surface area (Å²) in [7, 11) is 0. The Labute approximate surface area is 96.3 Å². The van der Waals surface area contributed by atoms with Gasteiger partial charge in [0.05, 0.1) is 0 Å². The predicted molar refractivity (Wildman–Crippen MR) is 62.7 cm³/mol. The van der Waals surface area contributed by atoms with Crippen LogP contribution in [0.5, 0.6) is 0 Å². The van der Waals surface area contributed by atoms with Crippen LogP contribution < -0.4 is 5.73 Å². The second kappa shape index (κ2) is 4.95. The summed E-state index contributed by atoms with van der Waals surface area (Å²) < 4.78 is 12.8.